The lowest BCUT2D eigenvalue weighted by atomic mass is 9.92. The van der Waals surface area contributed by atoms with Gasteiger partial charge in [-0.05, 0) is 35.8 Å². The van der Waals surface area contributed by atoms with Crippen LogP contribution in [0.2, 0.25) is 9.36 Å². The quantitative estimate of drug-likeness (QED) is 0.615. The summed E-state index contributed by atoms with van der Waals surface area (Å²) in [4.78, 5) is 19.0. The molecule has 1 fully saturated rings. The molecule has 4 nitrogen and oxygen atoms in total. The van der Waals surface area contributed by atoms with Crippen molar-refractivity contribution in [3.63, 3.8) is 0 Å². The van der Waals surface area contributed by atoms with E-state index in [-0.39, 0.29) is 16.6 Å². The maximum absolute atomic E-state index is 12.6. The summed E-state index contributed by atoms with van der Waals surface area (Å²) < 4.78 is 4.44. The van der Waals surface area contributed by atoms with Gasteiger partial charge in [0, 0.05) is 36.3 Å². The van der Waals surface area contributed by atoms with Crippen LogP contribution in [0.15, 0.2) is 36.5 Å². The fourth-order valence-corrected chi connectivity index (χ4v) is 4.23. The number of carbonyl (C=O) groups is 1. The van der Waals surface area contributed by atoms with Gasteiger partial charge in [0.25, 0.3) is 5.91 Å². The molecule has 0 aliphatic carbocycles. The second-order valence-corrected chi connectivity index (χ2v) is 7.90. The molecule has 0 atom stereocenters. The smallest absolute Gasteiger partial charge is 0.275 e. The molecule has 0 unspecified atom stereocenters. The molecule has 1 aliphatic heterocycles. The number of carbonyl (C=O) groups excluding carboxylic acids is 1. The summed E-state index contributed by atoms with van der Waals surface area (Å²) in [5, 5.41) is 2.61. The Kier molecular flexibility index (Phi) is 4.63. The van der Waals surface area contributed by atoms with Gasteiger partial charge in [-0.3, -0.25) is 9.78 Å². The minimum atomic E-state index is -0.141. The first-order valence-corrected chi connectivity index (χ1v) is 9.61. The molecule has 0 bridgehead atoms. The fourth-order valence-electron chi connectivity index (χ4n) is 3.24. The lowest BCUT2D eigenvalue weighted by Gasteiger charge is -2.31. The van der Waals surface area contributed by atoms with Gasteiger partial charge in [0.1, 0.15) is 9.36 Å². The highest BCUT2D eigenvalue weighted by Crippen LogP contribution is 2.33. The van der Waals surface area contributed by atoms with Crippen LogP contribution < -0.4 is 0 Å². The number of hydrogen-bond donors (Lipinski definition) is 0. The van der Waals surface area contributed by atoms with Gasteiger partial charge in [-0.1, -0.05) is 47.5 Å². The molecule has 0 radical (unpaired) electrons. The summed E-state index contributed by atoms with van der Waals surface area (Å²) in [6.07, 6.45) is 3.69. The summed E-state index contributed by atoms with van der Waals surface area (Å²) in [5.41, 5.74) is 1.36. The molecule has 3 heterocycles. The number of hydrogen-bond acceptors (Lipinski definition) is 4. The minimum absolute atomic E-state index is 0.141. The van der Waals surface area contributed by atoms with Gasteiger partial charge in [0.05, 0.1) is 0 Å². The first-order chi connectivity index (χ1) is 12.1. The molecule has 7 heteroatoms. The van der Waals surface area contributed by atoms with Crippen LogP contribution in [0.3, 0.4) is 0 Å². The Labute approximate surface area is 159 Å². The molecule has 1 saturated heterocycles. The summed E-state index contributed by atoms with van der Waals surface area (Å²) in [6.45, 7) is 1.34. The van der Waals surface area contributed by atoms with E-state index >= 15 is 0 Å². The zero-order valence-corrected chi connectivity index (χ0v) is 15.6. The Balaban J connectivity index is 1.47. The molecule has 0 saturated carbocycles. The summed E-state index contributed by atoms with van der Waals surface area (Å²) in [5.74, 6) is 0.223. The molecule has 0 N–H and O–H groups in total. The number of aromatic nitrogens is 2. The van der Waals surface area contributed by atoms with Crippen LogP contribution in [0.4, 0.5) is 0 Å². The number of pyridine rings is 1. The molecule has 4 rings (SSSR count). The van der Waals surface area contributed by atoms with Crippen LogP contribution in [0.25, 0.3) is 10.8 Å². The molecule has 3 aromatic rings. The third-order valence-corrected chi connectivity index (χ3v) is 6.26. The van der Waals surface area contributed by atoms with Crippen LogP contribution in [0.5, 0.6) is 0 Å². The minimum Gasteiger partial charge on any atom is -0.337 e. The normalized spacial score (nSPS) is 15.7. The van der Waals surface area contributed by atoms with Gasteiger partial charge in [-0.2, -0.15) is 4.37 Å². The SMILES string of the molecule is O=C(c1nsc(Cl)c1Cl)N1CCC(c2cc3ccccc3cn2)CC1. The lowest BCUT2D eigenvalue weighted by molar-refractivity contribution is 0.0707. The zero-order chi connectivity index (χ0) is 17.4. The van der Waals surface area contributed by atoms with E-state index in [0.29, 0.717) is 23.3 Å². The van der Waals surface area contributed by atoms with Gasteiger partial charge in [0.15, 0.2) is 5.69 Å². The van der Waals surface area contributed by atoms with Crippen LogP contribution in [0.1, 0.15) is 34.9 Å². The zero-order valence-electron chi connectivity index (χ0n) is 13.3. The Morgan fingerprint density at radius 1 is 1.16 bits per heavy atom. The highest BCUT2D eigenvalue weighted by atomic mass is 35.5. The van der Waals surface area contributed by atoms with E-state index < -0.39 is 0 Å². The molecular weight excluding hydrogens is 377 g/mol. The topological polar surface area (TPSA) is 46.1 Å². The van der Waals surface area contributed by atoms with Crippen LogP contribution in [-0.4, -0.2) is 33.3 Å². The van der Waals surface area contributed by atoms with Crippen molar-refractivity contribution in [3.05, 3.63) is 57.3 Å². The van der Waals surface area contributed by atoms with Crippen molar-refractivity contribution < 1.29 is 4.79 Å². The molecule has 0 spiro atoms. The number of fused-ring (bicyclic) bond motifs is 1. The molecule has 1 aliphatic rings. The number of amides is 1. The van der Waals surface area contributed by atoms with Gasteiger partial charge in [0.2, 0.25) is 0 Å². The van der Waals surface area contributed by atoms with Gasteiger partial charge < -0.3 is 4.90 Å². The maximum Gasteiger partial charge on any atom is 0.275 e. The Morgan fingerprint density at radius 3 is 2.56 bits per heavy atom. The number of likely N-dealkylation sites (tertiary alicyclic amines) is 1. The van der Waals surface area contributed by atoms with E-state index in [4.69, 9.17) is 23.2 Å². The molecule has 25 heavy (non-hydrogen) atoms. The number of rotatable bonds is 2. The second kappa shape index (κ2) is 6.90. The molecule has 1 amide bonds. The van der Waals surface area contributed by atoms with E-state index in [1.165, 1.54) is 5.39 Å². The highest BCUT2D eigenvalue weighted by molar-refractivity contribution is 7.11. The largest absolute Gasteiger partial charge is 0.337 e. The highest BCUT2D eigenvalue weighted by Gasteiger charge is 2.28. The second-order valence-electron chi connectivity index (χ2n) is 6.14. The molecular formula is C18H15Cl2N3OS. The third-order valence-electron chi connectivity index (χ3n) is 4.65. The Bertz CT molecular complexity index is 935. The first-order valence-electron chi connectivity index (χ1n) is 8.08. The van der Waals surface area contributed by atoms with E-state index in [9.17, 15) is 4.79 Å². The first kappa shape index (κ1) is 16.8. The van der Waals surface area contributed by atoms with Crippen molar-refractivity contribution in [3.8, 4) is 0 Å². The number of halogens is 2. The number of piperidine rings is 1. The summed E-state index contributed by atoms with van der Waals surface area (Å²) in [6, 6.07) is 10.4. The van der Waals surface area contributed by atoms with Crippen molar-refractivity contribution in [1.29, 1.82) is 0 Å². The molecule has 2 aromatic heterocycles. The van der Waals surface area contributed by atoms with Gasteiger partial charge in [-0.25, -0.2) is 0 Å². The lowest BCUT2D eigenvalue weighted by Crippen LogP contribution is -2.38. The Morgan fingerprint density at radius 2 is 1.88 bits per heavy atom. The third kappa shape index (κ3) is 3.24. The average Bonchev–Trinajstić information content (AvgIpc) is 3.00. The number of nitrogens with zero attached hydrogens (tertiary/aromatic N) is 3. The van der Waals surface area contributed by atoms with E-state index in [1.54, 1.807) is 4.90 Å². The molecule has 128 valence electrons. The van der Waals surface area contributed by atoms with Crippen LogP contribution >= 0.6 is 34.7 Å². The van der Waals surface area contributed by atoms with Gasteiger partial charge >= 0.3 is 0 Å². The average molecular weight is 392 g/mol. The van der Waals surface area contributed by atoms with Gasteiger partial charge in [-0.15, -0.1) is 0 Å². The predicted octanol–water partition coefficient (Wildman–Crippen LogP) is 5.02. The predicted molar refractivity (Wildman–Crippen MR) is 102 cm³/mol. The van der Waals surface area contributed by atoms with Crippen molar-refractivity contribution in [2.75, 3.05) is 13.1 Å². The monoisotopic (exact) mass is 391 g/mol. The van der Waals surface area contributed by atoms with Crippen molar-refractivity contribution in [2.24, 2.45) is 0 Å². The van der Waals surface area contributed by atoms with Crippen molar-refractivity contribution in [1.82, 2.24) is 14.3 Å². The fraction of sp³-hybridized carbons (Fsp3) is 0.278. The standard InChI is InChI=1S/C18H15Cl2N3OS/c19-15-16(22-25-17(15)20)18(24)23-7-5-11(6-8-23)14-9-12-3-1-2-4-13(12)10-21-14/h1-4,9-11H,5-8H2. The summed E-state index contributed by atoms with van der Waals surface area (Å²) in [7, 11) is 0. The van der Waals surface area contributed by atoms with Crippen LogP contribution in [-0.2, 0) is 0 Å². The van der Waals surface area contributed by atoms with E-state index in [2.05, 4.69) is 27.6 Å². The van der Waals surface area contributed by atoms with Crippen molar-refractivity contribution >= 4 is 51.4 Å². The summed E-state index contributed by atoms with van der Waals surface area (Å²) >= 11 is 13.0. The van der Waals surface area contributed by atoms with E-state index in [0.717, 1.165) is 35.5 Å². The number of benzene rings is 1. The van der Waals surface area contributed by atoms with Crippen LogP contribution in [0, 0.1) is 0 Å². The maximum atomic E-state index is 12.6. The Hall–Kier alpha value is -1.69. The molecule has 1 aromatic carbocycles. The van der Waals surface area contributed by atoms with E-state index in [1.807, 2.05) is 18.3 Å². The van der Waals surface area contributed by atoms with Crippen molar-refractivity contribution in [2.45, 2.75) is 18.8 Å².